The van der Waals surface area contributed by atoms with E-state index in [4.69, 9.17) is 0 Å². The Kier molecular flexibility index (Phi) is 4.32. The van der Waals surface area contributed by atoms with Crippen molar-refractivity contribution in [3.63, 3.8) is 0 Å². The van der Waals surface area contributed by atoms with Crippen LogP contribution in [0.3, 0.4) is 0 Å². The average molecular weight is 325 g/mol. The Labute approximate surface area is 141 Å². The number of halogens is 1. The zero-order valence-electron chi connectivity index (χ0n) is 13.8. The Morgan fingerprint density at radius 1 is 0.792 bits per heavy atom. The number of rotatable bonds is 4. The summed E-state index contributed by atoms with van der Waals surface area (Å²) in [4.78, 5) is 6.48. The van der Waals surface area contributed by atoms with Crippen molar-refractivity contribution in [1.29, 1.82) is 0 Å². The van der Waals surface area contributed by atoms with Gasteiger partial charge in [-0.2, -0.15) is 0 Å². The Hall–Kier alpha value is -2.17. The molecule has 0 spiro atoms. The van der Waals surface area contributed by atoms with Crippen LogP contribution in [0.25, 0.3) is 10.9 Å². The van der Waals surface area contributed by atoms with Crippen LogP contribution in [0.1, 0.15) is 11.1 Å². The minimum absolute atomic E-state index is 0.0708. The molecule has 1 aliphatic heterocycles. The van der Waals surface area contributed by atoms with Crippen LogP contribution in [0, 0.1) is 5.82 Å². The molecule has 1 aliphatic rings. The molecular weight excluding hydrogens is 301 g/mol. The van der Waals surface area contributed by atoms with Gasteiger partial charge >= 0.3 is 0 Å². The summed E-state index contributed by atoms with van der Waals surface area (Å²) in [6.07, 6.45) is 2.15. The SMILES string of the molecule is Fc1ccccc1C[NH+]1CC[NH+](Cc2c[nH]c3ccccc23)CC1. The van der Waals surface area contributed by atoms with Crippen molar-refractivity contribution in [3.8, 4) is 0 Å². The van der Waals surface area contributed by atoms with E-state index in [1.807, 2.05) is 12.1 Å². The average Bonchev–Trinajstić information content (AvgIpc) is 3.02. The van der Waals surface area contributed by atoms with Gasteiger partial charge in [0.25, 0.3) is 0 Å². The molecule has 0 unspecified atom stereocenters. The highest BCUT2D eigenvalue weighted by Gasteiger charge is 2.24. The number of aromatic nitrogens is 1. The molecule has 1 aromatic heterocycles. The van der Waals surface area contributed by atoms with Gasteiger partial charge in [0.15, 0.2) is 0 Å². The van der Waals surface area contributed by atoms with Crippen LogP contribution in [-0.4, -0.2) is 31.2 Å². The van der Waals surface area contributed by atoms with Crippen molar-refractivity contribution in [2.24, 2.45) is 0 Å². The number of para-hydroxylation sites is 1. The van der Waals surface area contributed by atoms with Crippen molar-refractivity contribution in [1.82, 2.24) is 4.98 Å². The highest BCUT2D eigenvalue weighted by atomic mass is 19.1. The first-order chi connectivity index (χ1) is 11.8. The van der Waals surface area contributed by atoms with Crippen LogP contribution >= 0.6 is 0 Å². The maximum atomic E-state index is 13.8. The molecule has 0 bridgehead atoms. The van der Waals surface area contributed by atoms with Gasteiger partial charge < -0.3 is 14.8 Å². The third-order valence-corrected chi connectivity index (χ3v) is 5.18. The van der Waals surface area contributed by atoms with Crippen molar-refractivity contribution in [3.05, 3.63) is 71.7 Å². The number of H-pyrrole nitrogens is 1. The van der Waals surface area contributed by atoms with Gasteiger partial charge in [0.1, 0.15) is 45.1 Å². The van der Waals surface area contributed by atoms with Gasteiger partial charge in [-0.1, -0.05) is 36.4 Å². The van der Waals surface area contributed by atoms with Crippen molar-refractivity contribution in [2.45, 2.75) is 13.1 Å². The molecular formula is C20H24FN3+2. The fourth-order valence-electron chi connectivity index (χ4n) is 3.77. The fourth-order valence-corrected chi connectivity index (χ4v) is 3.77. The molecule has 4 heteroatoms. The molecule has 124 valence electrons. The topological polar surface area (TPSA) is 24.7 Å². The summed E-state index contributed by atoms with van der Waals surface area (Å²) in [5, 5.41) is 1.34. The van der Waals surface area contributed by atoms with E-state index in [9.17, 15) is 4.39 Å². The van der Waals surface area contributed by atoms with E-state index in [0.717, 1.165) is 44.8 Å². The molecule has 1 saturated heterocycles. The highest BCUT2D eigenvalue weighted by molar-refractivity contribution is 5.82. The lowest BCUT2D eigenvalue weighted by Crippen LogP contribution is -3.27. The van der Waals surface area contributed by atoms with Crippen LogP contribution in [0.5, 0.6) is 0 Å². The van der Waals surface area contributed by atoms with Gasteiger partial charge in [-0.3, -0.25) is 0 Å². The molecule has 0 radical (unpaired) electrons. The minimum atomic E-state index is -0.0708. The molecule has 3 N–H and O–H groups in total. The largest absolute Gasteiger partial charge is 0.361 e. The molecule has 0 aliphatic carbocycles. The maximum Gasteiger partial charge on any atom is 0.132 e. The van der Waals surface area contributed by atoms with Crippen LogP contribution in [0.2, 0.25) is 0 Å². The van der Waals surface area contributed by atoms with E-state index in [-0.39, 0.29) is 5.82 Å². The van der Waals surface area contributed by atoms with Crippen LogP contribution in [0.4, 0.5) is 4.39 Å². The number of benzene rings is 2. The molecule has 2 aromatic carbocycles. The fraction of sp³-hybridized carbons (Fsp3) is 0.300. The van der Waals surface area contributed by atoms with Gasteiger partial charge in [0.05, 0.1) is 0 Å². The van der Waals surface area contributed by atoms with Gasteiger partial charge in [-0.05, 0) is 12.1 Å². The monoisotopic (exact) mass is 325 g/mol. The van der Waals surface area contributed by atoms with E-state index in [1.54, 1.807) is 17.0 Å². The number of fused-ring (bicyclic) bond motifs is 1. The molecule has 3 aromatic rings. The zero-order chi connectivity index (χ0) is 16.4. The number of piperazine rings is 1. The summed E-state index contributed by atoms with van der Waals surface area (Å²) < 4.78 is 13.8. The number of nitrogens with one attached hydrogen (secondary N) is 3. The molecule has 24 heavy (non-hydrogen) atoms. The summed E-state index contributed by atoms with van der Waals surface area (Å²) in [5.74, 6) is -0.0708. The lowest BCUT2D eigenvalue weighted by molar-refractivity contribution is -1.02. The summed E-state index contributed by atoms with van der Waals surface area (Å²) in [5.41, 5.74) is 3.46. The minimum Gasteiger partial charge on any atom is -0.361 e. The second-order valence-electron chi connectivity index (χ2n) is 6.80. The first kappa shape index (κ1) is 15.4. The number of aromatic amines is 1. The lowest BCUT2D eigenvalue weighted by Gasteiger charge is -2.29. The highest BCUT2D eigenvalue weighted by Crippen LogP contribution is 2.16. The molecule has 3 nitrogen and oxygen atoms in total. The molecule has 2 heterocycles. The van der Waals surface area contributed by atoms with Crippen molar-refractivity contribution >= 4 is 10.9 Å². The first-order valence-electron chi connectivity index (χ1n) is 8.75. The predicted molar refractivity (Wildman–Crippen MR) is 93.5 cm³/mol. The van der Waals surface area contributed by atoms with Gasteiger partial charge in [-0.25, -0.2) is 4.39 Å². The van der Waals surface area contributed by atoms with Crippen LogP contribution < -0.4 is 9.80 Å². The summed E-state index contributed by atoms with van der Waals surface area (Å²) in [6.45, 7) is 6.36. The number of hydrogen-bond donors (Lipinski definition) is 3. The molecule has 0 atom stereocenters. The Morgan fingerprint density at radius 3 is 2.17 bits per heavy atom. The van der Waals surface area contributed by atoms with Crippen LogP contribution in [0.15, 0.2) is 54.7 Å². The standard InChI is InChI=1S/C20H22FN3/c21-19-7-3-1-5-16(19)14-23-9-11-24(12-10-23)15-17-13-22-20-8-4-2-6-18(17)20/h1-8,13,22H,9-12,14-15H2/p+2. The first-order valence-corrected chi connectivity index (χ1v) is 8.75. The molecule has 0 saturated carbocycles. The Bertz CT molecular complexity index is 818. The maximum absolute atomic E-state index is 13.8. The smallest absolute Gasteiger partial charge is 0.132 e. The third-order valence-electron chi connectivity index (χ3n) is 5.18. The van der Waals surface area contributed by atoms with Crippen LogP contribution in [-0.2, 0) is 13.1 Å². The Balaban J connectivity index is 1.35. The third kappa shape index (κ3) is 3.21. The van der Waals surface area contributed by atoms with E-state index < -0.39 is 0 Å². The van der Waals surface area contributed by atoms with Crippen molar-refractivity contribution < 1.29 is 14.2 Å². The summed E-state index contributed by atoms with van der Waals surface area (Å²) >= 11 is 0. The predicted octanol–water partition coefficient (Wildman–Crippen LogP) is 0.791. The van der Waals surface area contributed by atoms with Gasteiger partial charge in [0.2, 0.25) is 0 Å². The van der Waals surface area contributed by atoms with E-state index in [0.29, 0.717) is 0 Å². The molecule has 4 rings (SSSR count). The summed E-state index contributed by atoms with van der Waals surface area (Å²) in [6, 6.07) is 15.7. The quantitative estimate of drug-likeness (QED) is 0.632. The molecule has 1 fully saturated rings. The lowest BCUT2D eigenvalue weighted by atomic mass is 10.1. The second kappa shape index (κ2) is 6.75. The normalized spacial score (nSPS) is 21.2. The summed E-state index contributed by atoms with van der Waals surface area (Å²) in [7, 11) is 0. The zero-order valence-corrected chi connectivity index (χ0v) is 13.8. The van der Waals surface area contributed by atoms with Crippen molar-refractivity contribution in [2.75, 3.05) is 26.2 Å². The van der Waals surface area contributed by atoms with Gasteiger partial charge in [-0.15, -0.1) is 0 Å². The second-order valence-corrected chi connectivity index (χ2v) is 6.80. The van der Waals surface area contributed by atoms with E-state index >= 15 is 0 Å². The number of quaternary nitrogens is 2. The van der Waals surface area contributed by atoms with Gasteiger partial charge in [0, 0.05) is 28.2 Å². The Morgan fingerprint density at radius 2 is 1.42 bits per heavy atom. The molecule has 0 amide bonds. The van der Waals surface area contributed by atoms with E-state index in [2.05, 4.69) is 35.4 Å². The number of hydrogen-bond acceptors (Lipinski definition) is 0. The van der Waals surface area contributed by atoms with E-state index in [1.165, 1.54) is 21.4 Å².